The van der Waals surface area contributed by atoms with Crippen molar-refractivity contribution in [3.8, 4) is 0 Å². The summed E-state index contributed by atoms with van der Waals surface area (Å²) in [5.74, 6) is 1.07. The predicted octanol–water partition coefficient (Wildman–Crippen LogP) is 0.710. The average molecular weight is 276 g/mol. The van der Waals surface area contributed by atoms with Gasteiger partial charge in [-0.25, -0.2) is 4.98 Å². The van der Waals surface area contributed by atoms with E-state index < -0.39 is 0 Å². The second kappa shape index (κ2) is 5.68. The fourth-order valence-electron chi connectivity index (χ4n) is 3.50. The largest absolute Gasteiger partial charge is 0.376 e. The van der Waals surface area contributed by atoms with Crippen LogP contribution in [0.4, 0.5) is 5.82 Å². The van der Waals surface area contributed by atoms with Crippen LogP contribution in [-0.2, 0) is 4.74 Å². The van der Waals surface area contributed by atoms with Gasteiger partial charge in [0.15, 0.2) is 0 Å². The zero-order chi connectivity index (χ0) is 14.0. The molecule has 110 valence electrons. The lowest BCUT2D eigenvalue weighted by Gasteiger charge is -2.47. The quantitative estimate of drug-likeness (QED) is 0.881. The highest BCUT2D eigenvalue weighted by Crippen LogP contribution is 2.32. The molecule has 2 aliphatic heterocycles. The highest BCUT2D eigenvalue weighted by atomic mass is 16.5. The van der Waals surface area contributed by atoms with Gasteiger partial charge in [-0.1, -0.05) is 6.07 Å². The number of hydrogen-bond donors (Lipinski definition) is 1. The standard InChI is InChI=1S/C15H24N4O/c1-13-15(12-16,5-11-20-13)19-9-7-18(8-10-19)14-4-2-3-6-17-14/h2-4,6,13H,5,7-12,16H2,1H3. The molecule has 3 rings (SSSR count). The van der Waals surface area contributed by atoms with Gasteiger partial charge in [-0.3, -0.25) is 4.90 Å². The van der Waals surface area contributed by atoms with E-state index in [1.807, 2.05) is 18.3 Å². The molecule has 0 saturated carbocycles. The Morgan fingerprint density at radius 3 is 2.70 bits per heavy atom. The second-order valence-electron chi connectivity index (χ2n) is 5.73. The summed E-state index contributed by atoms with van der Waals surface area (Å²) in [4.78, 5) is 9.32. The first-order valence-electron chi connectivity index (χ1n) is 7.49. The summed E-state index contributed by atoms with van der Waals surface area (Å²) in [6.45, 7) is 7.74. The van der Waals surface area contributed by atoms with Crippen LogP contribution in [0.1, 0.15) is 13.3 Å². The number of ether oxygens (including phenoxy) is 1. The van der Waals surface area contributed by atoms with Crippen LogP contribution < -0.4 is 10.6 Å². The number of hydrogen-bond acceptors (Lipinski definition) is 5. The molecule has 3 heterocycles. The summed E-state index contributed by atoms with van der Waals surface area (Å²) in [5, 5.41) is 0. The monoisotopic (exact) mass is 276 g/mol. The summed E-state index contributed by atoms with van der Waals surface area (Å²) in [7, 11) is 0. The van der Waals surface area contributed by atoms with Gasteiger partial charge in [0, 0.05) is 45.5 Å². The van der Waals surface area contributed by atoms with Gasteiger partial charge in [0.2, 0.25) is 0 Å². The normalized spacial score (nSPS) is 31.7. The first-order chi connectivity index (χ1) is 9.76. The molecule has 0 bridgehead atoms. The fraction of sp³-hybridized carbons (Fsp3) is 0.667. The molecular weight excluding hydrogens is 252 g/mol. The van der Waals surface area contributed by atoms with Gasteiger partial charge < -0.3 is 15.4 Å². The summed E-state index contributed by atoms with van der Waals surface area (Å²) in [6, 6.07) is 6.08. The molecule has 2 aliphatic rings. The number of pyridine rings is 1. The molecule has 1 aromatic heterocycles. The summed E-state index contributed by atoms with van der Waals surface area (Å²) < 4.78 is 5.78. The summed E-state index contributed by atoms with van der Waals surface area (Å²) in [6.07, 6.45) is 3.14. The van der Waals surface area contributed by atoms with Crippen molar-refractivity contribution in [2.45, 2.75) is 25.0 Å². The van der Waals surface area contributed by atoms with Crippen molar-refractivity contribution in [3.63, 3.8) is 0 Å². The van der Waals surface area contributed by atoms with E-state index >= 15 is 0 Å². The second-order valence-corrected chi connectivity index (χ2v) is 5.73. The molecule has 5 heteroatoms. The van der Waals surface area contributed by atoms with Crippen molar-refractivity contribution >= 4 is 5.82 Å². The Kier molecular flexibility index (Phi) is 3.92. The van der Waals surface area contributed by atoms with Gasteiger partial charge in [0.05, 0.1) is 11.6 Å². The van der Waals surface area contributed by atoms with E-state index in [9.17, 15) is 0 Å². The minimum Gasteiger partial charge on any atom is -0.376 e. The smallest absolute Gasteiger partial charge is 0.128 e. The predicted molar refractivity (Wildman–Crippen MR) is 79.8 cm³/mol. The number of anilines is 1. The van der Waals surface area contributed by atoms with Gasteiger partial charge in [-0.05, 0) is 25.5 Å². The lowest BCUT2D eigenvalue weighted by atomic mass is 9.89. The molecule has 2 N–H and O–H groups in total. The number of nitrogens with zero attached hydrogens (tertiary/aromatic N) is 3. The van der Waals surface area contributed by atoms with Crippen LogP contribution in [0.2, 0.25) is 0 Å². The molecule has 0 aliphatic carbocycles. The third-order valence-electron chi connectivity index (χ3n) is 4.90. The first-order valence-corrected chi connectivity index (χ1v) is 7.49. The van der Waals surface area contributed by atoms with E-state index in [1.54, 1.807) is 0 Å². The van der Waals surface area contributed by atoms with Gasteiger partial charge in [-0.2, -0.15) is 0 Å². The number of aromatic nitrogens is 1. The molecule has 0 aromatic carbocycles. The minimum absolute atomic E-state index is 0.0379. The van der Waals surface area contributed by atoms with Crippen LogP contribution >= 0.6 is 0 Å². The Morgan fingerprint density at radius 2 is 2.15 bits per heavy atom. The Labute approximate surface area is 120 Å². The molecule has 20 heavy (non-hydrogen) atoms. The van der Waals surface area contributed by atoms with E-state index in [4.69, 9.17) is 10.5 Å². The SMILES string of the molecule is CC1OCCC1(CN)N1CCN(c2ccccn2)CC1. The lowest BCUT2D eigenvalue weighted by Crippen LogP contribution is -2.63. The van der Waals surface area contributed by atoms with Crippen molar-refractivity contribution in [1.82, 2.24) is 9.88 Å². The van der Waals surface area contributed by atoms with Gasteiger partial charge in [-0.15, -0.1) is 0 Å². The lowest BCUT2D eigenvalue weighted by molar-refractivity contribution is 0.0114. The van der Waals surface area contributed by atoms with E-state index in [2.05, 4.69) is 27.8 Å². The van der Waals surface area contributed by atoms with E-state index in [0.717, 1.165) is 45.0 Å². The summed E-state index contributed by atoms with van der Waals surface area (Å²) in [5.41, 5.74) is 6.13. The molecule has 2 atom stereocenters. The number of rotatable bonds is 3. The molecule has 2 fully saturated rings. The highest BCUT2D eigenvalue weighted by Gasteiger charge is 2.45. The van der Waals surface area contributed by atoms with Crippen molar-refractivity contribution in [2.75, 3.05) is 44.2 Å². The number of piperazine rings is 1. The van der Waals surface area contributed by atoms with Crippen LogP contribution in [0, 0.1) is 0 Å². The molecule has 1 aromatic rings. The van der Waals surface area contributed by atoms with Crippen LogP contribution in [0.5, 0.6) is 0 Å². The Bertz CT molecular complexity index is 433. The van der Waals surface area contributed by atoms with Gasteiger partial charge in [0.25, 0.3) is 0 Å². The molecule has 0 amide bonds. The van der Waals surface area contributed by atoms with Gasteiger partial charge in [0.1, 0.15) is 5.82 Å². The van der Waals surface area contributed by atoms with Crippen LogP contribution in [0.3, 0.4) is 0 Å². The molecular formula is C15H24N4O. The Hall–Kier alpha value is -1.17. The van der Waals surface area contributed by atoms with Gasteiger partial charge >= 0.3 is 0 Å². The third kappa shape index (κ3) is 2.30. The fourth-order valence-corrected chi connectivity index (χ4v) is 3.50. The zero-order valence-corrected chi connectivity index (χ0v) is 12.2. The molecule has 5 nitrogen and oxygen atoms in total. The molecule has 2 unspecified atom stereocenters. The summed E-state index contributed by atoms with van der Waals surface area (Å²) >= 11 is 0. The third-order valence-corrected chi connectivity index (χ3v) is 4.90. The maximum atomic E-state index is 6.09. The number of nitrogens with two attached hydrogens (primary N) is 1. The maximum Gasteiger partial charge on any atom is 0.128 e. The topological polar surface area (TPSA) is 54.6 Å². The maximum absolute atomic E-state index is 6.09. The molecule has 0 spiro atoms. The van der Waals surface area contributed by atoms with Crippen LogP contribution in [-0.4, -0.2) is 60.9 Å². The average Bonchev–Trinajstić information content (AvgIpc) is 2.90. The Morgan fingerprint density at radius 1 is 1.35 bits per heavy atom. The van der Waals surface area contributed by atoms with Crippen molar-refractivity contribution in [1.29, 1.82) is 0 Å². The van der Waals surface area contributed by atoms with Crippen LogP contribution in [0.25, 0.3) is 0 Å². The molecule has 2 saturated heterocycles. The van der Waals surface area contributed by atoms with Crippen molar-refractivity contribution < 1.29 is 4.74 Å². The van der Waals surface area contributed by atoms with E-state index in [1.165, 1.54) is 0 Å². The van der Waals surface area contributed by atoms with Crippen LogP contribution in [0.15, 0.2) is 24.4 Å². The zero-order valence-electron chi connectivity index (χ0n) is 12.2. The van der Waals surface area contributed by atoms with Crippen molar-refractivity contribution in [3.05, 3.63) is 24.4 Å². The Balaban J connectivity index is 1.66. The molecule has 0 radical (unpaired) electrons. The van der Waals surface area contributed by atoms with Crippen molar-refractivity contribution in [2.24, 2.45) is 5.73 Å². The minimum atomic E-state index is 0.0379. The first kappa shape index (κ1) is 13.8. The van der Waals surface area contributed by atoms with E-state index in [0.29, 0.717) is 6.54 Å². The van der Waals surface area contributed by atoms with E-state index in [-0.39, 0.29) is 11.6 Å². The highest BCUT2D eigenvalue weighted by molar-refractivity contribution is 5.38.